The number of urea groups is 1. The van der Waals surface area contributed by atoms with Crippen LogP contribution in [0.2, 0.25) is 0 Å². The summed E-state index contributed by atoms with van der Waals surface area (Å²) in [6, 6.07) is -0.326. The van der Waals surface area contributed by atoms with E-state index in [1.807, 2.05) is 17.7 Å². The molecule has 0 bridgehead atoms. The summed E-state index contributed by atoms with van der Waals surface area (Å²) in [7, 11) is 1.40. The molecule has 0 aromatic carbocycles. The highest BCUT2D eigenvalue weighted by molar-refractivity contribution is 7.08. The quantitative estimate of drug-likeness (QED) is 0.725. The van der Waals surface area contributed by atoms with Crippen LogP contribution in [-0.2, 0) is 11.4 Å². The summed E-state index contributed by atoms with van der Waals surface area (Å²) in [5.41, 5.74) is 4.51. The van der Waals surface area contributed by atoms with E-state index in [9.17, 15) is 4.79 Å². The molecule has 0 atom stereocenters. The van der Waals surface area contributed by atoms with Crippen LogP contribution in [0.4, 0.5) is 4.79 Å². The minimum absolute atomic E-state index is 0.326. The maximum atomic E-state index is 10.9. The first-order valence-electron chi connectivity index (χ1n) is 3.82. The lowest BCUT2D eigenvalue weighted by molar-refractivity contribution is 0.107. The van der Waals surface area contributed by atoms with Gasteiger partial charge in [-0.25, -0.2) is 10.3 Å². The number of hydrogen-bond donors (Lipinski definition) is 2. The fourth-order valence-corrected chi connectivity index (χ4v) is 1.73. The van der Waals surface area contributed by atoms with Crippen LogP contribution >= 0.6 is 11.3 Å². The Balaban J connectivity index is 2.35. The molecule has 0 unspecified atom stereocenters. The van der Waals surface area contributed by atoms with E-state index >= 15 is 0 Å². The molecule has 1 aromatic rings. The highest BCUT2D eigenvalue weighted by Crippen LogP contribution is 2.12. The van der Waals surface area contributed by atoms with Gasteiger partial charge in [0.1, 0.15) is 0 Å². The van der Waals surface area contributed by atoms with Crippen LogP contribution in [0.15, 0.2) is 10.8 Å². The van der Waals surface area contributed by atoms with E-state index in [-0.39, 0.29) is 6.03 Å². The molecule has 0 saturated carbocycles. The zero-order valence-electron chi connectivity index (χ0n) is 7.59. The van der Waals surface area contributed by atoms with Gasteiger partial charge in [-0.05, 0) is 28.8 Å². The van der Waals surface area contributed by atoms with Crippen LogP contribution in [0.3, 0.4) is 0 Å². The Bertz CT molecular complexity index is 285. The third-order valence-electron chi connectivity index (χ3n) is 1.60. The lowest BCUT2D eigenvalue weighted by atomic mass is 10.2. The number of hydrogen-bond acceptors (Lipinski definition) is 3. The van der Waals surface area contributed by atoms with E-state index in [1.54, 1.807) is 11.3 Å². The number of carbonyl (C=O) groups excluding carboxylic acids is 1. The number of hydroxylamine groups is 1. The van der Waals surface area contributed by atoms with Gasteiger partial charge in [0.05, 0.1) is 7.11 Å². The van der Waals surface area contributed by atoms with E-state index in [2.05, 4.69) is 15.6 Å². The SMILES string of the molecule is CONC(=O)NCc1cscc1C. The molecule has 0 aliphatic heterocycles. The topological polar surface area (TPSA) is 50.4 Å². The summed E-state index contributed by atoms with van der Waals surface area (Å²) in [4.78, 5) is 15.4. The number of rotatable bonds is 3. The second-order valence-corrected chi connectivity index (χ2v) is 3.31. The van der Waals surface area contributed by atoms with Crippen molar-refractivity contribution in [2.45, 2.75) is 13.5 Å². The molecule has 4 nitrogen and oxygen atoms in total. The van der Waals surface area contributed by atoms with Crippen molar-refractivity contribution in [3.8, 4) is 0 Å². The van der Waals surface area contributed by atoms with Crippen LogP contribution in [0.25, 0.3) is 0 Å². The lowest BCUT2D eigenvalue weighted by Crippen LogP contribution is -2.34. The monoisotopic (exact) mass is 200 g/mol. The molecule has 0 fully saturated rings. The van der Waals surface area contributed by atoms with Gasteiger partial charge in [0.15, 0.2) is 0 Å². The second kappa shape index (κ2) is 4.84. The van der Waals surface area contributed by atoms with Crippen LogP contribution in [-0.4, -0.2) is 13.1 Å². The number of carbonyl (C=O) groups is 1. The first-order chi connectivity index (χ1) is 6.24. The third-order valence-corrected chi connectivity index (χ3v) is 2.51. The smallest absolute Gasteiger partial charge is 0.332 e. The summed E-state index contributed by atoms with van der Waals surface area (Å²) >= 11 is 1.63. The zero-order chi connectivity index (χ0) is 9.68. The van der Waals surface area contributed by atoms with Gasteiger partial charge in [0, 0.05) is 6.54 Å². The van der Waals surface area contributed by atoms with E-state index in [4.69, 9.17) is 0 Å². The Hall–Kier alpha value is -1.07. The average molecular weight is 200 g/mol. The van der Waals surface area contributed by atoms with Gasteiger partial charge in [-0.1, -0.05) is 0 Å². The molecule has 1 rings (SSSR count). The van der Waals surface area contributed by atoms with Gasteiger partial charge >= 0.3 is 6.03 Å². The van der Waals surface area contributed by atoms with Crippen molar-refractivity contribution in [1.29, 1.82) is 0 Å². The van der Waals surface area contributed by atoms with Crippen LogP contribution in [0.5, 0.6) is 0 Å². The summed E-state index contributed by atoms with van der Waals surface area (Å²) in [5, 5.41) is 6.72. The number of thiophene rings is 1. The van der Waals surface area contributed by atoms with Crippen molar-refractivity contribution < 1.29 is 9.63 Å². The van der Waals surface area contributed by atoms with E-state index < -0.39 is 0 Å². The molecule has 0 aliphatic carbocycles. The maximum absolute atomic E-state index is 10.9. The molecule has 0 aliphatic rings. The van der Waals surface area contributed by atoms with Gasteiger partial charge in [0.25, 0.3) is 0 Å². The zero-order valence-corrected chi connectivity index (χ0v) is 8.40. The van der Waals surface area contributed by atoms with Crippen molar-refractivity contribution >= 4 is 17.4 Å². The molecule has 0 saturated heterocycles. The average Bonchev–Trinajstić information content (AvgIpc) is 2.48. The van der Waals surface area contributed by atoms with Crippen molar-refractivity contribution in [2.75, 3.05) is 7.11 Å². The van der Waals surface area contributed by atoms with Crippen molar-refractivity contribution in [3.05, 3.63) is 21.9 Å². The fraction of sp³-hybridized carbons (Fsp3) is 0.375. The molecular weight excluding hydrogens is 188 g/mol. The molecule has 0 spiro atoms. The van der Waals surface area contributed by atoms with Crippen molar-refractivity contribution in [3.63, 3.8) is 0 Å². The highest BCUT2D eigenvalue weighted by atomic mass is 32.1. The van der Waals surface area contributed by atoms with Crippen molar-refractivity contribution in [2.24, 2.45) is 0 Å². The second-order valence-electron chi connectivity index (χ2n) is 2.57. The van der Waals surface area contributed by atoms with Gasteiger partial charge < -0.3 is 5.32 Å². The minimum Gasteiger partial charge on any atom is -0.332 e. The summed E-state index contributed by atoms with van der Waals surface area (Å²) in [6.07, 6.45) is 0. The molecule has 72 valence electrons. The number of amides is 2. The number of aryl methyl sites for hydroxylation is 1. The normalized spacial score (nSPS) is 9.69. The Morgan fingerprint density at radius 1 is 1.62 bits per heavy atom. The Morgan fingerprint density at radius 2 is 2.38 bits per heavy atom. The predicted octanol–water partition coefficient (Wildman–Crippen LogP) is 1.42. The first kappa shape index (κ1) is 10.0. The molecule has 2 N–H and O–H groups in total. The van der Waals surface area contributed by atoms with Gasteiger partial charge in [-0.3, -0.25) is 4.84 Å². The van der Waals surface area contributed by atoms with Crippen LogP contribution < -0.4 is 10.8 Å². The van der Waals surface area contributed by atoms with Crippen LogP contribution in [0.1, 0.15) is 11.1 Å². The molecule has 1 heterocycles. The number of nitrogens with one attached hydrogen (secondary N) is 2. The standard InChI is InChI=1S/C8H12N2O2S/c1-6-4-13-5-7(6)3-9-8(11)10-12-2/h4-5H,3H2,1-2H3,(H2,9,10,11). The van der Waals surface area contributed by atoms with Gasteiger partial charge in [-0.2, -0.15) is 11.3 Å². The van der Waals surface area contributed by atoms with E-state index in [1.165, 1.54) is 12.7 Å². The first-order valence-corrected chi connectivity index (χ1v) is 4.77. The van der Waals surface area contributed by atoms with Crippen LogP contribution in [0, 0.1) is 6.92 Å². The highest BCUT2D eigenvalue weighted by Gasteiger charge is 2.01. The van der Waals surface area contributed by atoms with E-state index in [0.29, 0.717) is 6.54 Å². The third kappa shape index (κ3) is 3.04. The van der Waals surface area contributed by atoms with Gasteiger partial charge in [-0.15, -0.1) is 0 Å². The van der Waals surface area contributed by atoms with Crippen molar-refractivity contribution in [1.82, 2.24) is 10.8 Å². The van der Waals surface area contributed by atoms with Gasteiger partial charge in [0.2, 0.25) is 0 Å². The maximum Gasteiger partial charge on any atom is 0.338 e. The minimum atomic E-state index is -0.326. The Morgan fingerprint density at radius 3 is 2.92 bits per heavy atom. The Kier molecular flexibility index (Phi) is 3.72. The molecular formula is C8H12N2O2S. The summed E-state index contributed by atoms with van der Waals surface area (Å²) < 4.78 is 0. The largest absolute Gasteiger partial charge is 0.338 e. The summed E-state index contributed by atoms with van der Waals surface area (Å²) in [6.45, 7) is 2.55. The molecule has 1 aromatic heterocycles. The van der Waals surface area contributed by atoms with E-state index in [0.717, 1.165) is 5.56 Å². The molecule has 0 radical (unpaired) electrons. The lowest BCUT2D eigenvalue weighted by Gasteiger charge is -2.04. The molecule has 2 amide bonds. The molecule has 5 heteroatoms. The predicted molar refractivity (Wildman–Crippen MR) is 51.4 cm³/mol. The fourth-order valence-electron chi connectivity index (χ4n) is 0.872. The molecule has 13 heavy (non-hydrogen) atoms. The summed E-state index contributed by atoms with van der Waals surface area (Å²) in [5.74, 6) is 0. The Labute approximate surface area is 80.9 Å².